The summed E-state index contributed by atoms with van der Waals surface area (Å²) in [5, 5.41) is 8.59. The molecule has 5 nitrogen and oxygen atoms in total. The Morgan fingerprint density at radius 2 is 1.95 bits per heavy atom. The predicted octanol–water partition coefficient (Wildman–Crippen LogP) is 3.48. The van der Waals surface area contributed by atoms with Crippen LogP contribution in [0.15, 0.2) is 42.5 Å². The smallest absolute Gasteiger partial charge is 0.323 e. The summed E-state index contributed by atoms with van der Waals surface area (Å²) in [6.07, 6.45) is 0.330. The van der Waals surface area contributed by atoms with E-state index in [1.807, 2.05) is 0 Å². The highest BCUT2D eigenvalue weighted by Crippen LogP contribution is 2.26. The van der Waals surface area contributed by atoms with Crippen LogP contribution in [0.1, 0.15) is 5.56 Å². The van der Waals surface area contributed by atoms with Crippen molar-refractivity contribution >= 4 is 40.6 Å². The van der Waals surface area contributed by atoms with Crippen LogP contribution >= 0.6 is 11.6 Å². The minimum absolute atomic E-state index is 0.0392. The lowest BCUT2D eigenvalue weighted by Gasteiger charge is -2.09. The molecule has 2 aromatic carbocycles. The van der Waals surface area contributed by atoms with Crippen LogP contribution in [0.4, 0.5) is 21.9 Å². The van der Waals surface area contributed by atoms with Gasteiger partial charge in [-0.2, -0.15) is 0 Å². The molecular formula is C15H12ClN3O2. The zero-order valence-electron chi connectivity index (χ0n) is 10.9. The molecule has 1 aliphatic rings. The van der Waals surface area contributed by atoms with E-state index < -0.39 is 0 Å². The van der Waals surface area contributed by atoms with E-state index in [1.165, 1.54) is 0 Å². The number of carbonyl (C=O) groups is 2. The fraction of sp³-hybridized carbons (Fsp3) is 0.0667. The van der Waals surface area contributed by atoms with Crippen molar-refractivity contribution in [2.24, 2.45) is 0 Å². The minimum Gasteiger partial charge on any atom is -0.326 e. The van der Waals surface area contributed by atoms with E-state index in [2.05, 4.69) is 16.0 Å². The zero-order chi connectivity index (χ0) is 14.8. The number of benzene rings is 2. The molecule has 2 aromatic rings. The van der Waals surface area contributed by atoms with E-state index in [9.17, 15) is 9.59 Å². The number of halogens is 1. The third-order valence-electron chi connectivity index (χ3n) is 3.11. The van der Waals surface area contributed by atoms with Gasteiger partial charge < -0.3 is 16.0 Å². The number of hydrogen-bond donors (Lipinski definition) is 3. The summed E-state index contributed by atoms with van der Waals surface area (Å²) in [7, 11) is 0. The molecule has 3 amide bonds. The fourth-order valence-corrected chi connectivity index (χ4v) is 2.34. The number of fused-ring (bicyclic) bond motifs is 1. The van der Waals surface area contributed by atoms with Gasteiger partial charge in [0.1, 0.15) is 0 Å². The number of para-hydroxylation sites is 1. The second-order valence-corrected chi connectivity index (χ2v) is 5.06. The molecule has 1 aliphatic heterocycles. The first kappa shape index (κ1) is 13.5. The second kappa shape index (κ2) is 5.46. The third-order valence-corrected chi connectivity index (χ3v) is 3.44. The van der Waals surface area contributed by atoms with Gasteiger partial charge in [-0.1, -0.05) is 23.7 Å². The van der Waals surface area contributed by atoms with Crippen LogP contribution in [0.2, 0.25) is 5.02 Å². The van der Waals surface area contributed by atoms with Gasteiger partial charge >= 0.3 is 6.03 Å². The number of rotatable bonds is 2. The molecule has 1 heterocycles. The van der Waals surface area contributed by atoms with E-state index >= 15 is 0 Å². The van der Waals surface area contributed by atoms with Crippen molar-refractivity contribution in [1.29, 1.82) is 0 Å². The van der Waals surface area contributed by atoms with Gasteiger partial charge in [0, 0.05) is 11.4 Å². The molecule has 0 aliphatic carbocycles. The number of nitrogens with one attached hydrogen (secondary N) is 3. The average molecular weight is 302 g/mol. The highest BCUT2D eigenvalue weighted by Gasteiger charge is 2.17. The van der Waals surface area contributed by atoms with Crippen molar-refractivity contribution in [2.75, 3.05) is 16.0 Å². The first-order chi connectivity index (χ1) is 10.1. The minimum atomic E-state index is -0.389. The summed E-state index contributed by atoms with van der Waals surface area (Å²) >= 11 is 5.98. The Hall–Kier alpha value is -2.53. The second-order valence-electron chi connectivity index (χ2n) is 4.66. The van der Waals surface area contributed by atoms with Gasteiger partial charge in [-0.15, -0.1) is 0 Å². The Kier molecular flexibility index (Phi) is 3.50. The van der Waals surface area contributed by atoms with Gasteiger partial charge in [0.15, 0.2) is 0 Å². The van der Waals surface area contributed by atoms with Gasteiger partial charge in [-0.25, -0.2) is 4.79 Å². The molecular weight excluding hydrogens is 290 g/mol. The molecule has 0 saturated carbocycles. The predicted molar refractivity (Wildman–Crippen MR) is 82.9 cm³/mol. The monoisotopic (exact) mass is 301 g/mol. The number of anilines is 3. The van der Waals surface area contributed by atoms with Gasteiger partial charge in [0.2, 0.25) is 5.91 Å². The van der Waals surface area contributed by atoms with E-state index in [0.29, 0.717) is 22.8 Å². The molecule has 0 radical (unpaired) electrons. The average Bonchev–Trinajstić information content (AvgIpc) is 2.80. The van der Waals surface area contributed by atoms with Crippen LogP contribution in [0, 0.1) is 0 Å². The van der Waals surface area contributed by atoms with Crippen LogP contribution in [0.25, 0.3) is 0 Å². The van der Waals surface area contributed by atoms with E-state index in [4.69, 9.17) is 11.6 Å². The van der Waals surface area contributed by atoms with Crippen molar-refractivity contribution in [2.45, 2.75) is 6.42 Å². The summed E-state index contributed by atoms with van der Waals surface area (Å²) in [6, 6.07) is 11.9. The molecule has 0 fully saturated rings. The number of hydrogen-bond acceptors (Lipinski definition) is 2. The first-order valence-corrected chi connectivity index (χ1v) is 6.75. The van der Waals surface area contributed by atoms with Crippen LogP contribution in [-0.4, -0.2) is 11.9 Å². The van der Waals surface area contributed by atoms with Crippen molar-refractivity contribution < 1.29 is 9.59 Å². The topological polar surface area (TPSA) is 70.2 Å². The third kappa shape index (κ3) is 2.98. The summed E-state index contributed by atoms with van der Waals surface area (Å²) in [5.74, 6) is -0.0392. The Morgan fingerprint density at radius 1 is 1.14 bits per heavy atom. The maximum Gasteiger partial charge on any atom is 0.323 e. The van der Waals surface area contributed by atoms with Crippen LogP contribution < -0.4 is 16.0 Å². The van der Waals surface area contributed by atoms with Crippen LogP contribution in [-0.2, 0) is 11.2 Å². The lowest BCUT2D eigenvalue weighted by molar-refractivity contribution is -0.115. The Balaban J connectivity index is 1.70. The molecule has 0 aromatic heterocycles. The van der Waals surface area contributed by atoms with Crippen LogP contribution in [0.3, 0.4) is 0 Å². The van der Waals surface area contributed by atoms with E-state index in [1.54, 1.807) is 42.5 Å². The van der Waals surface area contributed by atoms with Crippen molar-refractivity contribution in [1.82, 2.24) is 0 Å². The number of carbonyl (C=O) groups excluding carboxylic acids is 2. The normalized spacial score (nSPS) is 12.5. The molecule has 0 bridgehead atoms. The molecule has 106 valence electrons. The van der Waals surface area contributed by atoms with Crippen molar-refractivity contribution in [3.05, 3.63) is 53.1 Å². The van der Waals surface area contributed by atoms with Crippen molar-refractivity contribution in [3.8, 4) is 0 Å². The molecule has 21 heavy (non-hydrogen) atoms. The SMILES string of the molecule is O=C1Cc2cc(NC(=O)Nc3ccccc3Cl)ccc2N1. The van der Waals surface area contributed by atoms with Crippen LogP contribution in [0.5, 0.6) is 0 Å². The van der Waals surface area contributed by atoms with E-state index in [-0.39, 0.29) is 11.9 Å². The number of urea groups is 1. The van der Waals surface area contributed by atoms with Crippen molar-refractivity contribution in [3.63, 3.8) is 0 Å². The lowest BCUT2D eigenvalue weighted by Crippen LogP contribution is -2.19. The molecule has 0 unspecified atom stereocenters. The van der Waals surface area contributed by atoms with Gasteiger partial charge in [0.25, 0.3) is 0 Å². The Bertz CT molecular complexity index is 731. The number of amides is 3. The summed E-state index contributed by atoms with van der Waals surface area (Å²) in [5.41, 5.74) is 2.82. The standard InChI is InChI=1S/C15H12ClN3O2/c16-11-3-1-2-4-13(11)19-15(21)17-10-5-6-12-9(7-10)8-14(20)18-12/h1-7H,8H2,(H,18,20)(H2,17,19,21). The van der Waals surface area contributed by atoms with Gasteiger partial charge in [0.05, 0.1) is 17.1 Å². The lowest BCUT2D eigenvalue weighted by atomic mass is 10.1. The largest absolute Gasteiger partial charge is 0.326 e. The molecule has 0 atom stereocenters. The highest BCUT2D eigenvalue weighted by molar-refractivity contribution is 6.33. The van der Waals surface area contributed by atoms with Gasteiger partial charge in [-0.3, -0.25) is 4.79 Å². The maximum absolute atomic E-state index is 11.9. The molecule has 3 rings (SSSR count). The Labute approximate surface area is 126 Å². The van der Waals surface area contributed by atoms with E-state index in [0.717, 1.165) is 11.3 Å². The van der Waals surface area contributed by atoms with Gasteiger partial charge in [-0.05, 0) is 35.9 Å². The zero-order valence-corrected chi connectivity index (χ0v) is 11.7. The maximum atomic E-state index is 11.9. The molecule has 3 N–H and O–H groups in total. The molecule has 0 spiro atoms. The molecule has 6 heteroatoms. The summed E-state index contributed by atoms with van der Waals surface area (Å²) in [6.45, 7) is 0. The first-order valence-electron chi connectivity index (χ1n) is 6.37. The quantitative estimate of drug-likeness (QED) is 0.795. The summed E-state index contributed by atoms with van der Waals surface area (Å²) < 4.78 is 0. The summed E-state index contributed by atoms with van der Waals surface area (Å²) in [4.78, 5) is 23.2. The fourth-order valence-electron chi connectivity index (χ4n) is 2.15. The Morgan fingerprint density at radius 3 is 2.76 bits per heavy atom. The molecule has 0 saturated heterocycles. The highest BCUT2D eigenvalue weighted by atomic mass is 35.5.